The quantitative estimate of drug-likeness (QED) is 0.824. The summed E-state index contributed by atoms with van der Waals surface area (Å²) >= 11 is 0. The minimum absolute atomic E-state index is 0.124. The van der Waals surface area contributed by atoms with Gasteiger partial charge < -0.3 is 5.32 Å². The van der Waals surface area contributed by atoms with Gasteiger partial charge in [-0.3, -0.25) is 9.78 Å². The van der Waals surface area contributed by atoms with Crippen LogP contribution in [0.1, 0.15) is 48.2 Å². The van der Waals surface area contributed by atoms with Gasteiger partial charge in [-0.25, -0.2) is 0 Å². The predicted molar refractivity (Wildman–Crippen MR) is 85.4 cm³/mol. The van der Waals surface area contributed by atoms with E-state index in [9.17, 15) is 4.79 Å². The molecule has 0 saturated carbocycles. The molecule has 2 aromatic rings. The van der Waals surface area contributed by atoms with E-state index >= 15 is 0 Å². The van der Waals surface area contributed by atoms with Crippen LogP contribution in [-0.2, 0) is 6.54 Å². The molecule has 1 N–H and O–H groups in total. The van der Waals surface area contributed by atoms with Crippen molar-refractivity contribution in [1.82, 2.24) is 10.3 Å². The lowest BCUT2D eigenvalue weighted by atomic mass is 9.98. The first-order chi connectivity index (χ1) is 10.1. The van der Waals surface area contributed by atoms with Gasteiger partial charge in [-0.1, -0.05) is 38.1 Å². The van der Waals surface area contributed by atoms with E-state index in [4.69, 9.17) is 0 Å². The lowest BCUT2D eigenvalue weighted by molar-refractivity contribution is 0.0950. The number of pyridine rings is 1. The summed E-state index contributed by atoms with van der Waals surface area (Å²) in [6.07, 6.45) is 3.52. The van der Waals surface area contributed by atoms with Crippen LogP contribution < -0.4 is 5.32 Å². The zero-order valence-electron chi connectivity index (χ0n) is 12.8. The standard InChI is InChI=1S/C18H22N2O/c1-13(2)16-4-6-17(7-5-16)18(21)14(3)20-12-15-8-10-19-11-9-15/h4-11,13-14,20H,12H2,1-3H3. The van der Waals surface area contributed by atoms with E-state index in [1.807, 2.05) is 43.3 Å². The Morgan fingerprint density at radius 3 is 2.24 bits per heavy atom. The van der Waals surface area contributed by atoms with Crippen LogP contribution in [0.5, 0.6) is 0 Å². The Bertz CT molecular complexity index is 576. The molecular weight excluding hydrogens is 260 g/mol. The third-order valence-electron chi connectivity index (χ3n) is 3.62. The summed E-state index contributed by atoms with van der Waals surface area (Å²) in [6.45, 7) is 6.87. The van der Waals surface area contributed by atoms with Gasteiger partial charge in [-0.05, 0) is 36.1 Å². The number of nitrogens with zero attached hydrogens (tertiary/aromatic N) is 1. The second-order valence-electron chi connectivity index (χ2n) is 5.60. The Hall–Kier alpha value is -2.00. The zero-order valence-corrected chi connectivity index (χ0v) is 12.8. The second-order valence-corrected chi connectivity index (χ2v) is 5.60. The minimum Gasteiger partial charge on any atom is -0.303 e. The Morgan fingerprint density at radius 1 is 1.05 bits per heavy atom. The fourth-order valence-corrected chi connectivity index (χ4v) is 2.15. The molecule has 0 aliphatic rings. The number of hydrogen-bond acceptors (Lipinski definition) is 3. The SMILES string of the molecule is CC(NCc1ccncc1)C(=O)c1ccc(C(C)C)cc1. The van der Waals surface area contributed by atoms with Crippen molar-refractivity contribution in [2.24, 2.45) is 0 Å². The molecular formula is C18H22N2O. The summed E-state index contributed by atoms with van der Waals surface area (Å²) in [5.41, 5.74) is 3.14. The second kappa shape index (κ2) is 7.14. The maximum atomic E-state index is 12.4. The molecule has 110 valence electrons. The number of hydrogen-bond donors (Lipinski definition) is 1. The molecule has 1 atom stereocenters. The molecule has 3 nitrogen and oxygen atoms in total. The first kappa shape index (κ1) is 15.4. The van der Waals surface area contributed by atoms with Crippen LogP contribution in [0.3, 0.4) is 0 Å². The van der Waals surface area contributed by atoms with E-state index in [0.717, 1.165) is 11.1 Å². The van der Waals surface area contributed by atoms with Crippen molar-refractivity contribution < 1.29 is 4.79 Å². The van der Waals surface area contributed by atoms with E-state index < -0.39 is 0 Å². The number of nitrogens with one attached hydrogen (secondary N) is 1. The largest absolute Gasteiger partial charge is 0.303 e. The van der Waals surface area contributed by atoms with Gasteiger partial charge in [0.25, 0.3) is 0 Å². The van der Waals surface area contributed by atoms with E-state index in [2.05, 4.69) is 24.1 Å². The lowest BCUT2D eigenvalue weighted by Gasteiger charge is -2.13. The van der Waals surface area contributed by atoms with Gasteiger partial charge in [-0.2, -0.15) is 0 Å². The lowest BCUT2D eigenvalue weighted by Crippen LogP contribution is -2.33. The molecule has 0 radical (unpaired) electrons. The Morgan fingerprint density at radius 2 is 1.67 bits per heavy atom. The molecule has 0 amide bonds. The molecule has 1 unspecified atom stereocenters. The van der Waals surface area contributed by atoms with E-state index in [1.165, 1.54) is 5.56 Å². The minimum atomic E-state index is -0.205. The highest BCUT2D eigenvalue weighted by molar-refractivity contribution is 5.99. The molecule has 1 aromatic carbocycles. The van der Waals surface area contributed by atoms with Crippen LogP contribution in [0.2, 0.25) is 0 Å². The number of Topliss-reactive ketones (excluding diaryl/α,β-unsaturated/α-hetero) is 1. The van der Waals surface area contributed by atoms with Crippen molar-refractivity contribution in [3.8, 4) is 0 Å². The highest BCUT2D eigenvalue weighted by atomic mass is 16.1. The summed E-state index contributed by atoms with van der Waals surface area (Å²) in [7, 11) is 0. The fourth-order valence-electron chi connectivity index (χ4n) is 2.15. The third kappa shape index (κ3) is 4.23. The van der Waals surface area contributed by atoms with Gasteiger partial charge in [0.15, 0.2) is 5.78 Å². The Balaban J connectivity index is 1.95. The topological polar surface area (TPSA) is 42.0 Å². The fraction of sp³-hybridized carbons (Fsp3) is 0.333. The van der Waals surface area contributed by atoms with Gasteiger partial charge in [0.1, 0.15) is 0 Å². The molecule has 0 fully saturated rings. The normalized spacial score (nSPS) is 12.4. The van der Waals surface area contributed by atoms with Gasteiger partial charge >= 0.3 is 0 Å². The monoisotopic (exact) mass is 282 g/mol. The zero-order chi connectivity index (χ0) is 15.2. The van der Waals surface area contributed by atoms with Crippen LogP contribution >= 0.6 is 0 Å². The summed E-state index contributed by atoms with van der Waals surface area (Å²) in [5, 5.41) is 3.26. The summed E-state index contributed by atoms with van der Waals surface area (Å²) in [6, 6.07) is 11.6. The third-order valence-corrected chi connectivity index (χ3v) is 3.62. The Labute approximate surface area is 126 Å². The van der Waals surface area contributed by atoms with Crippen LogP contribution in [0, 0.1) is 0 Å². The highest BCUT2D eigenvalue weighted by Crippen LogP contribution is 2.15. The van der Waals surface area contributed by atoms with E-state index in [0.29, 0.717) is 12.5 Å². The van der Waals surface area contributed by atoms with Crippen molar-refractivity contribution in [2.75, 3.05) is 0 Å². The summed E-state index contributed by atoms with van der Waals surface area (Å²) < 4.78 is 0. The van der Waals surface area contributed by atoms with E-state index in [1.54, 1.807) is 12.4 Å². The number of aromatic nitrogens is 1. The average Bonchev–Trinajstić information content (AvgIpc) is 2.53. The molecule has 3 heteroatoms. The molecule has 1 heterocycles. The van der Waals surface area contributed by atoms with Crippen molar-refractivity contribution in [3.63, 3.8) is 0 Å². The van der Waals surface area contributed by atoms with Crippen LogP contribution in [0.15, 0.2) is 48.8 Å². The maximum Gasteiger partial charge on any atom is 0.179 e. The van der Waals surface area contributed by atoms with Gasteiger partial charge in [0.2, 0.25) is 0 Å². The summed E-state index contributed by atoms with van der Waals surface area (Å²) in [4.78, 5) is 16.4. The highest BCUT2D eigenvalue weighted by Gasteiger charge is 2.14. The average molecular weight is 282 g/mol. The molecule has 2 rings (SSSR count). The smallest absolute Gasteiger partial charge is 0.179 e. The molecule has 0 bridgehead atoms. The number of carbonyl (C=O) groups excluding carboxylic acids is 1. The number of benzene rings is 1. The van der Waals surface area contributed by atoms with Crippen molar-refractivity contribution >= 4 is 5.78 Å². The van der Waals surface area contributed by atoms with Crippen molar-refractivity contribution in [1.29, 1.82) is 0 Å². The molecule has 0 spiro atoms. The van der Waals surface area contributed by atoms with E-state index in [-0.39, 0.29) is 11.8 Å². The van der Waals surface area contributed by atoms with Crippen LogP contribution in [0.25, 0.3) is 0 Å². The van der Waals surface area contributed by atoms with Crippen molar-refractivity contribution in [2.45, 2.75) is 39.3 Å². The van der Waals surface area contributed by atoms with Crippen LogP contribution in [-0.4, -0.2) is 16.8 Å². The molecule has 21 heavy (non-hydrogen) atoms. The Kier molecular flexibility index (Phi) is 5.23. The molecule has 0 aliphatic heterocycles. The van der Waals surface area contributed by atoms with Gasteiger partial charge in [0.05, 0.1) is 6.04 Å². The van der Waals surface area contributed by atoms with Gasteiger partial charge in [-0.15, -0.1) is 0 Å². The number of rotatable bonds is 6. The molecule has 1 aromatic heterocycles. The maximum absolute atomic E-state index is 12.4. The van der Waals surface area contributed by atoms with Crippen molar-refractivity contribution in [3.05, 3.63) is 65.5 Å². The first-order valence-corrected chi connectivity index (χ1v) is 7.34. The van der Waals surface area contributed by atoms with Gasteiger partial charge in [0, 0.05) is 24.5 Å². The van der Waals surface area contributed by atoms with Crippen LogP contribution in [0.4, 0.5) is 0 Å². The number of ketones is 1. The summed E-state index contributed by atoms with van der Waals surface area (Å²) in [5.74, 6) is 0.607. The molecule has 0 aliphatic carbocycles. The first-order valence-electron chi connectivity index (χ1n) is 7.34. The predicted octanol–water partition coefficient (Wildman–Crippen LogP) is 3.57. The molecule has 0 saturated heterocycles. The number of carbonyl (C=O) groups is 1.